The molecule has 0 aliphatic heterocycles. The zero-order valence-electron chi connectivity index (χ0n) is 18.6. The average Bonchev–Trinajstić information content (AvgIpc) is 3.34. The van der Waals surface area contributed by atoms with Crippen molar-refractivity contribution in [2.45, 2.75) is 0 Å². The van der Waals surface area contributed by atoms with Gasteiger partial charge < -0.3 is 19.5 Å². The first kappa shape index (κ1) is 22.5. The van der Waals surface area contributed by atoms with Crippen molar-refractivity contribution in [3.63, 3.8) is 0 Å². The Hall–Kier alpha value is -4.66. The van der Waals surface area contributed by atoms with Gasteiger partial charge in [0.2, 0.25) is 0 Å². The van der Waals surface area contributed by atoms with Gasteiger partial charge in [-0.15, -0.1) is 5.10 Å². The van der Waals surface area contributed by atoms with Crippen LogP contribution in [0.2, 0.25) is 0 Å². The SMILES string of the molecule is COc1ccc(NC(=O)COC(=O)c2nc(-c3ccccc3)n(-c3ccccc3)n2)c(OC)c1. The second kappa shape index (κ2) is 10.3. The van der Waals surface area contributed by atoms with Crippen LogP contribution in [0.15, 0.2) is 78.9 Å². The molecule has 0 fully saturated rings. The largest absolute Gasteiger partial charge is 0.497 e. The number of esters is 1. The number of nitrogens with zero attached hydrogens (tertiary/aromatic N) is 3. The Labute approximate surface area is 195 Å². The topological polar surface area (TPSA) is 105 Å². The standard InChI is InChI=1S/C25H22N4O5/c1-32-19-13-14-20(21(15-19)33-2)26-22(30)16-34-25(31)23-27-24(17-9-5-3-6-10-17)29(28-23)18-11-7-4-8-12-18/h3-15H,16H2,1-2H3,(H,26,30). The van der Waals surface area contributed by atoms with Crippen molar-refractivity contribution >= 4 is 17.6 Å². The molecule has 0 spiro atoms. The third-order valence-electron chi connectivity index (χ3n) is 4.84. The van der Waals surface area contributed by atoms with Crippen LogP contribution in [-0.2, 0) is 9.53 Å². The predicted octanol–water partition coefficient (Wildman–Crippen LogP) is 3.75. The van der Waals surface area contributed by atoms with Gasteiger partial charge in [0.1, 0.15) is 11.5 Å². The number of carbonyl (C=O) groups is 2. The maximum atomic E-state index is 12.7. The molecule has 0 aliphatic carbocycles. The highest BCUT2D eigenvalue weighted by Crippen LogP contribution is 2.29. The first-order valence-corrected chi connectivity index (χ1v) is 10.4. The van der Waals surface area contributed by atoms with Crippen LogP contribution in [0.25, 0.3) is 17.1 Å². The number of ether oxygens (including phenoxy) is 3. The number of para-hydroxylation sites is 1. The molecule has 4 aromatic rings. The number of rotatable bonds is 8. The van der Waals surface area contributed by atoms with E-state index in [0.717, 1.165) is 11.3 Å². The Kier molecular flexibility index (Phi) is 6.83. The molecular formula is C25H22N4O5. The van der Waals surface area contributed by atoms with Crippen LogP contribution in [-0.4, -0.2) is 47.5 Å². The van der Waals surface area contributed by atoms with E-state index in [1.54, 1.807) is 22.9 Å². The van der Waals surface area contributed by atoms with Crippen LogP contribution >= 0.6 is 0 Å². The van der Waals surface area contributed by atoms with Gasteiger partial charge in [-0.05, 0) is 24.3 Å². The van der Waals surface area contributed by atoms with E-state index >= 15 is 0 Å². The molecule has 9 nitrogen and oxygen atoms in total. The number of nitrogens with one attached hydrogen (secondary N) is 1. The molecule has 0 saturated heterocycles. The van der Waals surface area contributed by atoms with E-state index in [2.05, 4.69) is 15.4 Å². The molecule has 1 heterocycles. The Morgan fingerprint density at radius 1 is 0.912 bits per heavy atom. The molecule has 9 heteroatoms. The van der Waals surface area contributed by atoms with Gasteiger partial charge in [-0.3, -0.25) is 4.79 Å². The number of benzene rings is 3. The van der Waals surface area contributed by atoms with E-state index in [4.69, 9.17) is 14.2 Å². The highest BCUT2D eigenvalue weighted by Gasteiger charge is 2.21. The molecule has 0 saturated carbocycles. The number of methoxy groups -OCH3 is 2. The fourth-order valence-electron chi connectivity index (χ4n) is 3.21. The minimum atomic E-state index is -0.816. The molecule has 0 unspecified atom stereocenters. The zero-order valence-corrected chi connectivity index (χ0v) is 18.6. The molecule has 0 aliphatic rings. The van der Waals surface area contributed by atoms with E-state index in [1.165, 1.54) is 14.2 Å². The normalized spacial score (nSPS) is 10.4. The van der Waals surface area contributed by atoms with E-state index in [9.17, 15) is 9.59 Å². The molecule has 1 N–H and O–H groups in total. The molecule has 4 rings (SSSR count). The minimum Gasteiger partial charge on any atom is -0.497 e. The average molecular weight is 458 g/mol. The van der Waals surface area contributed by atoms with Crippen molar-refractivity contribution in [3.05, 3.63) is 84.7 Å². The number of anilines is 1. The predicted molar refractivity (Wildman–Crippen MR) is 125 cm³/mol. The summed E-state index contributed by atoms with van der Waals surface area (Å²) in [6, 6.07) is 23.6. The molecule has 1 amide bonds. The molecule has 1 aromatic heterocycles. The van der Waals surface area contributed by atoms with Crippen LogP contribution in [0.4, 0.5) is 5.69 Å². The summed E-state index contributed by atoms with van der Waals surface area (Å²) in [5.74, 6) is -0.0413. The third kappa shape index (κ3) is 5.04. The summed E-state index contributed by atoms with van der Waals surface area (Å²) in [7, 11) is 3.01. The lowest BCUT2D eigenvalue weighted by Crippen LogP contribution is -2.21. The van der Waals surface area contributed by atoms with Gasteiger partial charge in [-0.25, -0.2) is 14.5 Å². The van der Waals surface area contributed by atoms with Crippen LogP contribution in [0.3, 0.4) is 0 Å². The number of carbonyl (C=O) groups excluding carboxylic acids is 2. The summed E-state index contributed by atoms with van der Waals surface area (Å²) < 4.78 is 17.1. The summed E-state index contributed by atoms with van der Waals surface area (Å²) in [6.07, 6.45) is 0. The van der Waals surface area contributed by atoms with Crippen LogP contribution in [0.5, 0.6) is 11.5 Å². The Morgan fingerprint density at radius 2 is 1.62 bits per heavy atom. The molecule has 172 valence electrons. The second-order valence-corrected chi connectivity index (χ2v) is 7.06. The summed E-state index contributed by atoms with van der Waals surface area (Å²) in [5, 5.41) is 6.98. The summed E-state index contributed by atoms with van der Waals surface area (Å²) in [5.41, 5.74) is 1.93. The Morgan fingerprint density at radius 3 is 2.29 bits per heavy atom. The first-order chi connectivity index (χ1) is 16.6. The first-order valence-electron chi connectivity index (χ1n) is 10.4. The van der Waals surface area contributed by atoms with Gasteiger partial charge in [0.25, 0.3) is 11.7 Å². The van der Waals surface area contributed by atoms with Gasteiger partial charge in [-0.1, -0.05) is 48.5 Å². The van der Waals surface area contributed by atoms with Crippen molar-refractivity contribution in [2.75, 3.05) is 26.1 Å². The maximum absolute atomic E-state index is 12.7. The van der Waals surface area contributed by atoms with E-state index in [-0.39, 0.29) is 5.82 Å². The fraction of sp³-hybridized carbons (Fsp3) is 0.120. The number of amides is 1. The quantitative estimate of drug-likeness (QED) is 0.401. The summed E-state index contributed by atoms with van der Waals surface area (Å²) in [4.78, 5) is 29.4. The smallest absolute Gasteiger partial charge is 0.378 e. The molecule has 0 atom stereocenters. The summed E-state index contributed by atoms with van der Waals surface area (Å²) >= 11 is 0. The van der Waals surface area contributed by atoms with Gasteiger partial charge >= 0.3 is 5.97 Å². The van der Waals surface area contributed by atoms with Gasteiger partial charge in [0.05, 0.1) is 25.6 Å². The third-order valence-corrected chi connectivity index (χ3v) is 4.84. The molecule has 0 radical (unpaired) electrons. The van der Waals surface area contributed by atoms with Crippen molar-refractivity contribution in [1.82, 2.24) is 14.8 Å². The molecule has 34 heavy (non-hydrogen) atoms. The second-order valence-electron chi connectivity index (χ2n) is 7.06. The number of hydrogen-bond acceptors (Lipinski definition) is 7. The van der Waals surface area contributed by atoms with Crippen LogP contribution in [0, 0.1) is 0 Å². The van der Waals surface area contributed by atoms with E-state index in [0.29, 0.717) is 23.0 Å². The fourth-order valence-corrected chi connectivity index (χ4v) is 3.21. The van der Waals surface area contributed by atoms with Crippen molar-refractivity contribution in [1.29, 1.82) is 0 Å². The van der Waals surface area contributed by atoms with E-state index < -0.39 is 18.5 Å². The lowest BCUT2D eigenvalue weighted by molar-refractivity contribution is -0.119. The van der Waals surface area contributed by atoms with Crippen LogP contribution in [0.1, 0.15) is 10.6 Å². The highest BCUT2D eigenvalue weighted by molar-refractivity contribution is 5.95. The van der Waals surface area contributed by atoms with Gasteiger partial charge in [0, 0.05) is 11.6 Å². The van der Waals surface area contributed by atoms with Crippen molar-refractivity contribution < 1.29 is 23.8 Å². The Bertz CT molecular complexity index is 1230. The lowest BCUT2D eigenvalue weighted by Gasteiger charge is -2.11. The Balaban J connectivity index is 1.49. The zero-order chi connectivity index (χ0) is 23.9. The minimum absolute atomic E-state index is 0.155. The van der Waals surface area contributed by atoms with Crippen molar-refractivity contribution in [2.24, 2.45) is 0 Å². The molecule has 0 bridgehead atoms. The maximum Gasteiger partial charge on any atom is 0.378 e. The van der Waals surface area contributed by atoms with Gasteiger partial charge in [0.15, 0.2) is 12.4 Å². The highest BCUT2D eigenvalue weighted by atomic mass is 16.5. The molecule has 3 aromatic carbocycles. The number of hydrogen-bond donors (Lipinski definition) is 1. The molecular weight excluding hydrogens is 436 g/mol. The van der Waals surface area contributed by atoms with Crippen LogP contribution < -0.4 is 14.8 Å². The monoisotopic (exact) mass is 458 g/mol. The number of aromatic nitrogens is 3. The summed E-state index contributed by atoms with van der Waals surface area (Å²) in [6.45, 7) is -0.519. The van der Waals surface area contributed by atoms with Gasteiger partial charge in [-0.2, -0.15) is 0 Å². The van der Waals surface area contributed by atoms with E-state index in [1.807, 2.05) is 60.7 Å². The van der Waals surface area contributed by atoms with Crippen molar-refractivity contribution in [3.8, 4) is 28.6 Å². The lowest BCUT2D eigenvalue weighted by atomic mass is 10.2.